The van der Waals surface area contributed by atoms with E-state index in [1.54, 1.807) is 0 Å². The summed E-state index contributed by atoms with van der Waals surface area (Å²) in [6.45, 7) is 16.2. The van der Waals surface area contributed by atoms with Crippen molar-refractivity contribution in [3.8, 4) is 0 Å². The molecule has 0 amide bonds. The molecule has 48 heavy (non-hydrogen) atoms. The number of esters is 1. The van der Waals surface area contributed by atoms with Crippen LogP contribution < -0.4 is 0 Å². The minimum absolute atomic E-state index is 0.0110. The zero-order valence-corrected chi connectivity index (χ0v) is 29.8. The Morgan fingerprint density at radius 1 is 0.875 bits per heavy atom. The van der Waals surface area contributed by atoms with Crippen LogP contribution in [-0.2, 0) is 28.5 Å². The topological polar surface area (TPSA) is 164 Å². The minimum atomic E-state index is -1.35. The van der Waals surface area contributed by atoms with Gasteiger partial charge < -0.3 is 49.2 Å². The molecule has 3 heterocycles. The van der Waals surface area contributed by atoms with Gasteiger partial charge in [-0.15, -0.1) is 0 Å². The first kappa shape index (κ1) is 34.2. The molecule has 2 bridgehead atoms. The number of ether oxygens (including phenoxy) is 5. The van der Waals surface area contributed by atoms with Gasteiger partial charge in [0.15, 0.2) is 12.1 Å². The van der Waals surface area contributed by atoms with Gasteiger partial charge in [-0.05, 0) is 98.2 Å². The molecule has 8 rings (SSSR count). The third-order valence-corrected chi connectivity index (χ3v) is 16.2. The first-order valence-corrected chi connectivity index (χ1v) is 18.5. The third kappa shape index (κ3) is 3.90. The zero-order chi connectivity index (χ0) is 34.8. The highest BCUT2D eigenvalue weighted by Crippen LogP contribution is 2.90. The second kappa shape index (κ2) is 10.2. The van der Waals surface area contributed by atoms with Gasteiger partial charge in [-0.2, -0.15) is 0 Å². The third-order valence-electron chi connectivity index (χ3n) is 16.2. The Morgan fingerprint density at radius 3 is 2.27 bits per heavy atom. The van der Waals surface area contributed by atoms with Crippen molar-refractivity contribution in [3.63, 3.8) is 0 Å². The Kier molecular flexibility index (Phi) is 7.24. The molecule has 2 unspecified atom stereocenters. The van der Waals surface area contributed by atoms with Crippen molar-refractivity contribution in [1.82, 2.24) is 0 Å². The van der Waals surface area contributed by atoms with Crippen molar-refractivity contribution in [2.75, 3.05) is 6.61 Å². The van der Waals surface area contributed by atoms with Gasteiger partial charge in [-0.1, -0.05) is 34.6 Å². The predicted octanol–water partition coefficient (Wildman–Crippen LogP) is 2.66. The van der Waals surface area contributed by atoms with E-state index in [0.717, 1.165) is 38.5 Å². The lowest BCUT2D eigenvalue weighted by molar-refractivity contribution is -0.305. The van der Waals surface area contributed by atoms with Gasteiger partial charge >= 0.3 is 5.97 Å². The Bertz CT molecular complexity index is 1350. The fourth-order valence-electron chi connectivity index (χ4n) is 14.4. The summed E-state index contributed by atoms with van der Waals surface area (Å²) in [6.07, 6.45) is -1.79. The van der Waals surface area contributed by atoms with Crippen molar-refractivity contribution in [2.45, 2.75) is 167 Å². The number of aliphatic hydroxyl groups excluding tert-OH is 5. The predicted molar refractivity (Wildman–Crippen MR) is 170 cm³/mol. The second-order valence-electron chi connectivity index (χ2n) is 19.0. The van der Waals surface area contributed by atoms with Crippen LogP contribution >= 0.6 is 0 Å². The van der Waals surface area contributed by atoms with E-state index in [2.05, 4.69) is 34.6 Å². The van der Waals surface area contributed by atoms with Gasteiger partial charge in [-0.3, -0.25) is 4.79 Å². The van der Waals surface area contributed by atoms with E-state index in [-0.39, 0.29) is 70.1 Å². The largest absolute Gasteiger partial charge is 0.457 e. The first-order chi connectivity index (χ1) is 22.2. The highest BCUT2D eigenvalue weighted by atomic mass is 16.8. The molecule has 3 aliphatic heterocycles. The molecule has 11 heteroatoms. The molecule has 8 aliphatic rings. The molecular weight excluding hydrogens is 620 g/mol. The van der Waals surface area contributed by atoms with Crippen LogP contribution in [0.3, 0.4) is 0 Å². The molecule has 0 aromatic rings. The fraction of sp³-hybridized carbons (Fsp3) is 0.973. The van der Waals surface area contributed by atoms with Crippen LogP contribution in [0.5, 0.6) is 0 Å². The van der Waals surface area contributed by atoms with E-state index < -0.39 is 59.7 Å². The number of aliphatic hydroxyl groups is 5. The highest BCUT2D eigenvalue weighted by Gasteiger charge is 2.89. The smallest absolute Gasteiger partial charge is 0.303 e. The fourth-order valence-corrected chi connectivity index (χ4v) is 14.4. The van der Waals surface area contributed by atoms with Crippen molar-refractivity contribution in [1.29, 1.82) is 0 Å². The summed E-state index contributed by atoms with van der Waals surface area (Å²) in [5.74, 6) is -1.53. The highest BCUT2D eigenvalue weighted by molar-refractivity contribution is 5.66. The average molecular weight is 679 g/mol. The lowest BCUT2D eigenvalue weighted by Crippen LogP contribution is -2.64. The van der Waals surface area contributed by atoms with Crippen molar-refractivity contribution in [3.05, 3.63) is 0 Å². The van der Waals surface area contributed by atoms with Crippen LogP contribution in [0.1, 0.15) is 100 Å². The van der Waals surface area contributed by atoms with E-state index in [0.29, 0.717) is 6.42 Å². The summed E-state index contributed by atoms with van der Waals surface area (Å²) in [7, 11) is 0. The number of fused-ring (bicyclic) bond motifs is 4. The van der Waals surface area contributed by atoms with Crippen LogP contribution in [-0.4, -0.2) is 105 Å². The van der Waals surface area contributed by atoms with Crippen LogP contribution in [0.25, 0.3) is 0 Å². The van der Waals surface area contributed by atoms with E-state index >= 15 is 0 Å². The molecule has 18 atom stereocenters. The minimum Gasteiger partial charge on any atom is -0.457 e. The van der Waals surface area contributed by atoms with Crippen LogP contribution in [0, 0.1) is 50.7 Å². The van der Waals surface area contributed by atoms with E-state index in [1.165, 1.54) is 6.92 Å². The average Bonchev–Trinajstić information content (AvgIpc) is 3.48. The molecule has 0 radical (unpaired) electrons. The first-order valence-electron chi connectivity index (χ1n) is 18.5. The normalized spacial score (nSPS) is 59.4. The number of carbonyl (C=O) groups is 1. The van der Waals surface area contributed by atoms with Gasteiger partial charge in [0, 0.05) is 18.3 Å². The lowest BCUT2D eigenvalue weighted by Gasteiger charge is -2.64. The molecule has 3 saturated heterocycles. The zero-order valence-electron chi connectivity index (χ0n) is 29.8. The summed E-state index contributed by atoms with van der Waals surface area (Å²) in [5.41, 5.74) is -2.51. The van der Waals surface area contributed by atoms with Crippen LogP contribution in [0.2, 0.25) is 0 Å². The summed E-state index contributed by atoms with van der Waals surface area (Å²) in [5, 5.41) is 56.2. The quantitative estimate of drug-likeness (QED) is 0.219. The van der Waals surface area contributed by atoms with Crippen molar-refractivity contribution < 1.29 is 54.0 Å². The Hall–Kier alpha value is -0.890. The number of hydrogen-bond donors (Lipinski definition) is 5. The van der Waals surface area contributed by atoms with Crippen LogP contribution in [0.4, 0.5) is 0 Å². The van der Waals surface area contributed by atoms with Gasteiger partial charge in [0.2, 0.25) is 0 Å². The maximum absolute atomic E-state index is 12.8. The Labute approximate surface area is 284 Å². The molecule has 11 nitrogen and oxygen atoms in total. The molecule has 8 fully saturated rings. The van der Waals surface area contributed by atoms with Gasteiger partial charge in [-0.25, -0.2) is 0 Å². The van der Waals surface area contributed by atoms with E-state index in [4.69, 9.17) is 23.7 Å². The molecule has 5 aliphatic carbocycles. The lowest BCUT2D eigenvalue weighted by atomic mass is 9.40. The molecule has 5 N–H and O–H groups in total. The van der Waals surface area contributed by atoms with E-state index in [9.17, 15) is 30.3 Å². The van der Waals surface area contributed by atoms with Gasteiger partial charge in [0.1, 0.15) is 36.1 Å². The molecular formula is C37H58O11. The van der Waals surface area contributed by atoms with Gasteiger partial charge in [0.25, 0.3) is 0 Å². The van der Waals surface area contributed by atoms with Crippen LogP contribution in [0.15, 0.2) is 0 Å². The molecule has 3 spiro atoms. The number of carbonyl (C=O) groups excluding carboxylic acids is 1. The van der Waals surface area contributed by atoms with Crippen molar-refractivity contribution in [2.24, 2.45) is 50.7 Å². The molecule has 0 aromatic carbocycles. The SMILES string of the molecule is CC(=O)OC(C)(C)C1O[C@@]23OC1C[C@@H](C)[C@@H]2[C@@]1(C)CC[C@@]24C[C@@]25CC[C@H](O[C@@H]2OC[C@@H](O)[C@H](O)[C@H]2O)C(C)(C)[C@@H]5C[C@H](O)[C@H]4[C@]1(C)[C@H]3O. The number of hydrogen-bond acceptors (Lipinski definition) is 11. The van der Waals surface area contributed by atoms with Crippen molar-refractivity contribution >= 4 is 5.97 Å². The Balaban J connectivity index is 1.11. The summed E-state index contributed by atoms with van der Waals surface area (Å²) >= 11 is 0. The molecule has 0 aromatic heterocycles. The standard InChI is InChI=1S/C37H58O11/c1-17-13-21-28(32(5,6)46-18(2)38)48-37(47-21)26(17)33(7)11-12-36-16-35(36)10-9-23(45-29-25(42)24(41)20(40)15-44-29)31(3,4)22(35)14-19(39)27(36)34(33,8)30(37)43/h17,19-30,39-43H,9-16H2,1-8H3/t17-,19+,20-,21?,22+,23+,24+,25-,26-,27+,28?,29+,30-,33-,34-,35-,36+,37+/m1/s1. The number of rotatable bonds is 4. The van der Waals surface area contributed by atoms with E-state index in [1.807, 2.05) is 13.8 Å². The monoisotopic (exact) mass is 678 g/mol. The maximum Gasteiger partial charge on any atom is 0.303 e. The summed E-state index contributed by atoms with van der Waals surface area (Å²) in [4.78, 5) is 12.1. The Morgan fingerprint density at radius 2 is 1.58 bits per heavy atom. The second-order valence-corrected chi connectivity index (χ2v) is 19.0. The van der Waals surface area contributed by atoms with Gasteiger partial charge in [0.05, 0.1) is 24.9 Å². The molecule has 272 valence electrons. The molecule has 5 saturated carbocycles. The summed E-state index contributed by atoms with van der Waals surface area (Å²) in [6, 6.07) is 0. The maximum atomic E-state index is 12.8. The summed E-state index contributed by atoms with van der Waals surface area (Å²) < 4.78 is 31.7.